The zero-order chi connectivity index (χ0) is 14.9. The summed E-state index contributed by atoms with van der Waals surface area (Å²) < 4.78 is 13.5. The minimum absolute atomic E-state index is 0.192. The van der Waals surface area contributed by atoms with Crippen LogP contribution in [0.5, 0.6) is 5.75 Å². The second-order valence-corrected chi connectivity index (χ2v) is 7.50. The molecular weight excluding hydrogens is 328 g/mol. The van der Waals surface area contributed by atoms with Gasteiger partial charge >= 0.3 is 0 Å². The van der Waals surface area contributed by atoms with Gasteiger partial charge in [0.2, 0.25) is 0 Å². The molecule has 0 bridgehead atoms. The average molecular weight is 353 g/mol. The lowest BCUT2D eigenvalue weighted by Crippen LogP contribution is -2.32. The van der Waals surface area contributed by atoms with Crippen molar-refractivity contribution in [2.75, 3.05) is 6.61 Å². The molecule has 1 saturated carbocycles. The minimum atomic E-state index is 0.192. The highest BCUT2D eigenvalue weighted by Crippen LogP contribution is 2.42. The molecule has 0 aromatic heterocycles. The maximum absolute atomic E-state index is 6.36. The molecule has 0 amide bonds. The van der Waals surface area contributed by atoms with Crippen LogP contribution in [0.15, 0.2) is 16.6 Å². The van der Waals surface area contributed by atoms with Crippen LogP contribution < -0.4 is 4.74 Å². The van der Waals surface area contributed by atoms with E-state index in [9.17, 15) is 0 Å². The summed E-state index contributed by atoms with van der Waals surface area (Å²) in [5, 5.41) is 0. The van der Waals surface area contributed by atoms with E-state index in [1.165, 1.54) is 54.1 Å². The molecule has 0 radical (unpaired) electrons. The Kier molecular flexibility index (Phi) is 4.60. The first-order valence-corrected chi connectivity index (χ1v) is 8.95. The summed E-state index contributed by atoms with van der Waals surface area (Å²) in [6, 6.07) is 4.20. The van der Waals surface area contributed by atoms with Crippen molar-refractivity contribution in [1.82, 2.24) is 0 Å². The summed E-state index contributed by atoms with van der Waals surface area (Å²) >= 11 is 3.60. The van der Waals surface area contributed by atoms with E-state index < -0.39 is 0 Å². The van der Waals surface area contributed by atoms with Crippen molar-refractivity contribution in [3.63, 3.8) is 0 Å². The quantitative estimate of drug-likeness (QED) is 0.732. The van der Waals surface area contributed by atoms with E-state index in [1.807, 2.05) is 0 Å². The van der Waals surface area contributed by atoms with Crippen LogP contribution in [0.4, 0.5) is 0 Å². The number of hydrogen-bond acceptors (Lipinski definition) is 2. The van der Waals surface area contributed by atoms with Crippen molar-refractivity contribution < 1.29 is 9.47 Å². The van der Waals surface area contributed by atoms with Gasteiger partial charge in [-0.15, -0.1) is 0 Å². The zero-order valence-corrected chi connectivity index (χ0v) is 14.7. The largest absolute Gasteiger partial charge is 0.491 e. The first-order valence-electron chi connectivity index (χ1n) is 8.15. The number of hydrogen-bond donors (Lipinski definition) is 0. The zero-order valence-electron chi connectivity index (χ0n) is 13.1. The van der Waals surface area contributed by atoms with Gasteiger partial charge in [-0.1, -0.05) is 35.2 Å². The van der Waals surface area contributed by atoms with Crippen molar-refractivity contribution in [3.05, 3.63) is 27.7 Å². The number of ether oxygens (including phenoxy) is 2. The fourth-order valence-corrected chi connectivity index (χ4v) is 3.98. The normalized spacial score (nSPS) is 24.4. The fourth-order valence-electron chi connectivity index (χ4n) is 3.76. The summed E-state index contributed by atoms with van der Waals surface area (Å²) in [5.74, 6) is 0.960. The SMILES string of the molecule is Cc1cc(OCC2CCC3(CCCCC3)O2)cc(C)c1Br. The van der Waals surface area contributed by atoms with Gasteiger partial charge in [0.1, 0.15) is 12.4 Å². The van der Waals surface area contributed by atoms with E-state index in [2.05, 4.69) is 41.9 Å². The molecule has 1 unspecified atom stereocenters. The van der Waals surface area contributed by atoms with E-state index in [4.69, 9.17) is 9.47 Å². The third kappa shape index (κ3) is 3.45. The lowest BCUT2D eigenvalue weighted by molar-refractivity contribution is -0.0748. The molecule has 21 heavy (non-hydrogen) atoms. The molecular formula is C18H25BrO2. The Morgan fingerprint density at radius 3 is 2.48 bits per heavy atom. The van der Waals surface area contributed by atoms with Gasteiger partial charge in [-0.05, 0) is 62.8 Å². The van der Waals surface area contributed by atoms with Crippen molar-refractivity contribution in [2.24, 2.45) is 0 Å². The molecule has 1 aliphatic heterocycles. The van der Waals surface area contributed by atoms with E-state index >= 15 is 0 Å². The topological polar surface area (TPSA) is 18.5 Å². The number of benzene rings is 1. The van der Waals surface area contributed by atoms with Gasteiger partial charge in [0.25, 0.3) is 0 Å². The molecule has 2 aliphatic rings. The Morgan fingerprint density at radius 2 is 1.81 bits per heavy atom. The molecule has 1 spiro atoms. The highest BCUT2D eigenvalue weighted by molar-refractivity contribution is 9.10. The predicted molar refractivity (Wildman–Crippen MR) is 89.0 cm³/mol. The van der Waals surface area contributed by atoms with Gasteiger partial charge in [0.15, 0.2) is 0 Å². The lowest BCUT2D eigenvalue weighted by atomic mass is 9.83. The summed E-state index contributed by atoms with van der Waals surface area (Å²) in [5.41, 5.74) is 2.64. The average Bonchev–Trinajstić information content (AvgIpc) is 2.86. The van der Waals surface area contributed by atoms with Gasteiger partial charge < -0.3 is 9.47 Å². The van der Waals surface area contributed by atoms with Crippen LogP contribution >= 0.6 is 15.9 Å². The van der Waals surface area contributed by atoms with Gasteiger partial charge in [0.05, 0.1) is 11.7 Å². The first-order chi connectivity index (χ1) is 10.1. The van der Waals surface area contributed by atoms with Crippen LogP contribution in [0.3, 0.4) is 0 Å². The number of aryl methyl sites for hydroxylation is 2. The summed E-state index contributed by atoms with van der Waals surface area (Å²) in [6.45, 7) is 4.89. The Labute approximate surface area is 136 Å². The molecule has 0 N–H and O–H groups in total. The van der Waals surface area contributed by atoms with Crippen LogP contribution in [0.2, 0.25) is 0 Å². The van der Waals surface area contributed by atoms with E-state index in [-0.39, 0.29) is 11.7 Å². The smallest absolute Gasteiger partial charge is 0.120 e. The monoisotopic (exact) mass is 352 g/mol. The summed E-state index contributed by atoms with van der Waals surface area (Å²) in [6.07, 6.45) is 9.18. The Morgan fingerprint density at radius 1 is 1.14 bits per heavy atom. The minimum Gasteiger partial charge on any atom is -0.491 e. The second-order valence-electron chi connectivity index (χ2n) is 6.70. The molecule has 2 fully saturated rings. The molecule has 1 saturated heterocycles. The van der Waals surface area contributed by atoms with Gasteiger partial charge in [-0.3, -0.25) is 0 Å². The molecule has 3 rings (SSSR count). The van der Waals surface area contributed by atoms with E-state index in [0.717, 1.165) is 12.2 Å². The molecule has 1 atom stereocenters. The van der Waals surface area contributed by atoms with E-state index in [1.54, 1.807) is 0 Å². The third-order valence-electron chi connectivity index (χ3n) is 4.95. The van der Waals surface area contributed by atoms with Gasteiger partial charge in [0, 0.05) is 4.47 Å². The molecule has 1 aliphatic carbocycles. The molecule has 1 aromatic carbocycles. The lowest BCUT2D eigenvalue weighted by Gasteiger charge is -2.33. The fraction of sp³-hybridized carbons (Fsp3) is 0.667. The highest BCUT2D eigenvalue weighted by Gasteiger charge is 2.40. The van der Waals surface area contributed by atoms with Crippen molar-refractivity contribution in [2.45, 2.75) is 70.5 Å². The van der Waals surface area contributed by atoms with Crippen LogP contribution in [0, 0.1) is 13.8 Å². The van der Waals surface area contributed by atoms with Crippen LogP contribution in [-0.4, -0.2) is 18.3 Å². The summed E-state index contributed by atoms with van der Waals surface area (Å²) in [7, 11) is 0. The standard InChI is InChI=1S/C18H25BrO2/c1-13-10-16(11-14(2)17(13)19)20-12-15-6-9-18(21-15)7-4-3-5-8-18/h10-11,15H,3-9,12H2,1-2H3. The Hall–Kier alpha value is -0.540. The number of rotatable bonds is 3. The summed E-state index contributed by atoms with van der Waals surface area (Å²) in [4.78, 5) is 0. The van der Waals surface area contributed by atoms with Crippen LogP contribution in [-0.2, 0) is 4.74 Å². The van der Waals surface area contributed by atoms with Crippen LogP contribution in [0.25, 0.3) is 0 Å². The third-order valence-corrected chi connectivity index (χ3v) is 6.20. The molecule has 2 nitrogen and oxygen atoms in total. The highest BCUT2D eigenvalue weighted by atomic mass is 79.9. The predicted octanol–water partition coefficient (Wildman–Crippen LogP) is 5.33. The molecule has 3 heteroatoms. The Balaban J connectivity index is 1.56. The molecule has 1 aromatic rings. The maximum atomic E-state index is 6.36. The maximum Gasteiger partial charge on any atom is 0.120 e. The van der Waals surface area contributed by atoms with Gasteiger partial charge in [-0.25, -0.2) is 0 Å². The van der Waals surface area contributed by atoms with Crippen molar-refractivity contribution >= 4 is 15.9 Å². The first kappa shape index (κ1) is 15.4. The molecule has 116 valence electrons. The van der Waals surface area contributed by atoms with Crippen LogP contribution in [0.1, 0.15) is 56.1 Å². The number of halogens is 1. The van der Waals surface area contributed by atoms with Gasteiger partial charge in [-0.2, -0.15) is 0 Å². The Bertz CT molecular complexity index is 483. The van der Waals surface area contributed by atoms with Crippen molar-refractivity contribution in [1.29, 1.82) is 0 Å². The van der Waals surface area contributed by atoms with Crippen molar-refractivity contribution in [3.8, 4) is 5.75 Å². The molecule has 1 heterocycles. The second kappa shape index (κ2) is 6.29. The van der Waals surface area contributed by atoms with E-state index in [0.29, 0.717) is 6.61 Å².